The third kappa shape index (κ3) is 9.11. The Morgan fingerprint density at radius 3 is 2.29 bits per heavy atom. The molecule has 3 amide bonds. The Labute approximate surface area is 300 Å². The van der Waals surface area contributed by atoms with Crippen LogP contribution in [0.25, 0.3) is 16.5 Å². The molecule has 11 heteroatoms. The summed E-state index contributed by atoms with van der Waals surface area (Å²) in [6.45, 7) is 16.0. The average molecular weight is 689 g/mol. The molecule has 1 aliphatic rings. The van der Waals surface area contributed by atoms with E-state index in [0.29, 0.717) is 29.6 Å². The number of urea groups is 1. The number of aryl methyl sites for hydroxylation is 1. The zero-order valence-electron chi connectivity index (χ0n) is 30.2. The summed E-state index contributed by atoms with van der Waals surface area (Å²) in [5, 5.41) is 15.5. The highest BCUT2D eigenvalue weighted by Crippen LogP contribution is 2.33. The molecule has 0 aliphatic carbocycles. The van der Waals surface area contributed by atoms with Crippen molar-refractivity contribution in [2.24, 2.45) is 0 Å². The van der Waals surface area contributed by atoms with Crippen LogP contribution in [0.5, 0.6) is 5.75 Å². The third-order valence-corrected chi connectivity index (χ3v) is 8.99. The summed E-state index contributed by atoms with van der Waals surface area (Å²) < 4.78 is 8.05. The topological polar surface area (TPSA) is 117 Å². The van der Waals surface area contributed by atoms with Crippen LogP contribution in [0.2, 0.25) is 0 Å². The molecule has 3 heterocycles. The van der Waals surface area contributed by atoms with E-state index in [4.69, 9.17) is 9.84 Å². The molecule has 0 saturated carbocycles. The molecule has 6 rings (SSSR count). The first-order valence-electron chi connectivity index (χ1n) is 17.7. The largest absolute Gasteiger partial charge is 0.488 e. The number of ether oxygens (including phenoxy) is 1. The molecule has 0 unspecified atom stereocenters. The van der Waals surface area contributed by atoms with Crippen molar-refractivity contribution in [1.82, 2.24) is 24.6 Å². The van der Waals surface area contributed by atoms with Gasteiger partial charge in [-0.1, -0.05) is 69.7 Å². The Kier molecular flexibility index (Phi) is 11.0. The fourth-order valence-electron chi connectivity index (χ4n) is 6.16. The molecule has 3 N–H and O–H groups in total. The number of anilines is 3. The lowest BCUT2D eigenvalue weighted by atomic mass is 9.92. The number of piperazine rings is 1. The molecular formula is C40H48N8O3. The summed E-state index contributed by atoms with van der Waals surface area (Å²) in [6.07, 6.45) is 2.82. The van der Waals surface area contributed by atoms with Gasteiger partial charge in [-0.2, -0.15) is 5.10 Å². The maximum absolute atomic E-state index is 13.4. The summed E-state index contributed by atoms with van der Waals surface area (Å²) in [4.78, 5) is 35.2. The third-order valence-electron chi connectivity index (χ3n) is 8.99. The Hall–Kier alpha value is -5.26. The van der Waals surface area contributed by atoms with Gasteiger partial charge in [-0.15, -0.1) is 0 Å². The second-order valence-corrected chi connectivity index (χ2v) is 14.2. The second-order valence-electron chi connectivity index (χ2n) is 14.2. The minimum Gasteiger partial charge on any atom is -0.488 e. The Morgan fingerprint density at radius 1 is 0.843 bits per heavy atom. The summed E-state index contributed by atoms with van der Waals surface area (Å²) in [7, 11) is 0. The smallest absolute Gasteiger partial charge is 0.324 e. The highest BCUT2D eigenvalue weighted by atomic mass is 16.5. The molecule has 0 atom stereocenters. The van der Waals surface area contributed by atoms with E-state index >= 15 is 0 Å². The lowest BCUT2D eigenvalue weighted by Gasteiger charge is -2.34. The van der Waals surface area contributed by atoms with Crippen molar-refractivity contribution in [1.29, 1.82) is 0 Å². The van der Waals surface area contributed by atoms with Crippen LogP contribution in [0.15, 0.2) is 85.1 Å². The number of fused-ring (bicyclic) bond motifs is 1. The van der Waals surface area contributed by atoms with Crippen molar-refractivity contribution in [2.45, 2.75) is 53.1 Å². The van der Waals surface area contributed by atoms with E-state index in [-0.39, 0.29) is 24.0 Å². The number of hydrogen-bond donors (Lipinski definition) is 3. The van der Waals surface area contributed by atoms with Crippen LogP contribution < -0.4 is 20.7 Å². The molecule has 3 aromatic carbocycles. The van der Waals surface area contributed by atoms with Gasteiger partial charge in [0.2, 0.25) is 5.91 Å². The van der Waals surface area contributed by atoms with Gasteiger partial charge in [-0.3, -0.25) is 15.0 Å². The zero-order chi connectivity index (χ0) is 36.0. The number of pyridine rings is 1. The van der Waals surface area contributed by atoms with Gasteiger partial charge in [0.25, 0.3) is 0 Å². The van der Waals surface area contributed by atoms with E-state index in [1.165, 1.54) is 0 Å². The summed E-state index contributed by atoms with van der Waals surface area (Å²) in [6, 6.07) is 24.8. The molecule has 266 valence electrons. The highest BCUT2D eigenvalue weighted by Gasteiger charge is 2.22. The molecule has 5 aromatic rings. The lowest BCUT2D eigenvalue weighted by molar-refractivity contribution is -0.117. The first-order chi connectivity index (χ1) is 24.6. The summed E-state index contributed by atoms with van der Waals surface area (Å²) in [5.74, 6) is 1.67. The van der Waals surface area contributed by atoms with Crippen molar-refractivity contribution in [3.8, 4) is 11.4 Å². The van der Waals surface area contributed by atoms with Crippen molar-refractivity contribution in [2.75, 3.05) is 55.2 Å². The fourth-order valence-corrected chi connectivity index (χ4v) is 6.16. The Bertz CT molecular complexity index is 1970. The number of amides is 3. The SMILES string of the molecule is CCCN1CCN(CC(=O)Nc2cc(COc3ccc(NC(=O)Nc4cc(C(C)(C)C)nn4-c4ccc(C)cc4)c4ccccc34)ccn2)CC1. The molecule has 2 aromatic heterocycles. The van der Waals surface area contributed by atoms with Crippen LogP contribution >= 0.6 is 0 Å². The van der Waals surface area contributed by atoms with Crippen LogP contribution in [0.3, 0.4) is 0 Å². The number of benzene rings is 3. The standard InChI is InChI=1S/C40H48N8O3/c1-6-19-46-20-22-47(23-21-46)26-38(49)43-36-24-29(17-18-41-36)27-51-34-16-15-33(31-9-7-8-10-32(31)34)42-39(50)44-37-25-35(40(3,4)5)45-48(37)30-13-11-28(2)12-14-30/h7-18,24-25H,6,19-23,26-27H2,1-5H3,(H,41,43,49)(H2,42,44,50). The number of nitrogens with zero attached hydrogens (tertiary/aromatic N) is 5. The summed E-state index contributed by atoms with van der Waals surface area (Å²) >= 11 is 0. The van der Waals surface area contributed by atoms with Gasteiger partial charge in [-0.05, 0) is 61.9 Å². The molecule has 51 heavy (non-hydrogen) atoms. The Morgan fingerprint density at radius 2 is 1.57 bits per heavy atom. The highest BCUT2D eigenvalue weighted by molar-refractivity contribution is 6.07. The van der Waals surface area contributed by atoms with E-state index in [0.717, 1.165) is 72.4 Å². The molecule has 1 fully saturated rings. The maximum atomic E-state index is 13.4. The van der Waals surface area contributed by atoms with Crippen LogP contribution in [0, 0.1) is 6.92 Å². The monoisotopic (exact) mass is 688 g/mol. The minimum absolute atomic E-state index is 0.0723. The predicted molar refractivity (Wildman–Crippen MR) is 204 cm³/mol. The van der Waals surface area contributed by atoms with Crippen LogP contribution in [-0.4, -0.2) is 75.8 Å². The zero-order valence-corrected chi connectivity index (χ0v) is 30.2. The van der Waals surface area contributed by atoms with Gasteiger partial charge in [0.15, 0.2) is 0 Å². The van der Waals surface area contributed by atoms with Gasteiger partial charge in [0.1, 0.15) is 24.0 Å². The van der Waals surface area contributed by atoms with Crippen molar-refractivity contribution in [3.63, 3.8) is 0 Å². The van der Waals surface area contributed by atoms with Gasteiger partial charge in [0, 0.05) is 54.6 Å². The van der Waals surface area contributed by atoms with Gasteiger partial charge in [0.05, 0.1) is 23.6 Å². The first kappa shape index (κ1) is 35.6. The fraction of sp³-hybridized carbons (Fsp3) is 0.350. The van der Waals surface area contributed by atoms with Crippen LogP contribution in [0.4, 0.5) is 22.1 Å². The van der Waals surface area contributed by atoms with Crippen molar-refractivity contribution < 1.29 is 14.3 Å². The quantitative estimate of drug-likeness (QED) is 0.134. The lowest BCUT2D eigenvalue weighted by Crippen LogP contribution is -2.48. The van der Waals surface area contributed by atoms with E-state index in [1.54, 1.807) is 10.9 Å². The van der Waals surface area contributed by atoms with Crippen molar-refractivity contribution >= 4 is 40.0 Å². The minimum atomic E-state index is -0.382. The van der Waals surface area contributed by atoms with E-state index in [1.807, 2.05) is 85.8 Å². The molecule has 0 spiro atoms. The van der Waals surface area contributed by atoms with E-state index in [2.05, 4.69) is 58.4 Å². The molecule has 0 bridgehead atoms. The average Bonchev–Trinajstić information content (AvgIpc) is 3.54. The van der Waals surface area contributed by atoms with Gasteiger partial charge in [-0.25, -0.2) is 14.5 Å². The normalized spacial score (nSPS) is 14.0. The van der Waals surface area contributed by atoms with E-state index in [9.17, 15) is 9.59 Å². The van der Waals surface area contributed by atoms with Crippen LogP contribution in [0.1, 0.15) is 50.9 Å². The predicted octanol–water partition coefficient (Wildman–Crippen LogP) is 7.22. The van der Waals surface area contributed by atoms with Gasteiger partial charge >= 0.3 is 6.03 Å². The number of aromatic nitrogens is 3. The summed E-state index contributed by atoms with van der Waals surface area (Å²) in [5.41, 5.74) is 4.19. The van der Waals surface area contributed by atoms with Crippen molar-refractivity contribution in [3.05, 3.63) is 102 Å². The molecular weight excluding hydrogens is 640 g/mol. The number of carbonyl (C=O) groups is 2. The van der Waals surface area contributed by atoms with E-state index < -0.39 is 0 Å². The first-order valence-corrected chi connectivity index (χ1v) is 17.7. The number of carbonyl (C=O) groups excluding carboxylic acids is 2. The van der Waals surface area contributed by atoms with Gasteiger partial charge < -0.3 is 20.3 Å². The second kappa shape index (κ2) is 15.7. The number of hydrogen-bond acceptors (Lipinski definition) is 7. The van der Waals surface area contributed by atoms with Crippen LogP contribution in [-0.2, 0) is 16.8 Å². The Balaban J connectivity index is 1.10. The molecule has 0 radical (unpaired) electrons. The molecule has 1 aliphatic heterocycles. The maximum Gasteiger partial charge on any atom is 0.324 e. The molecule has 11 nitrogen and oxygen atoms in total. The number of nitrogens with one attached hydrogen (secondary N) is 3. The number of rotatable bonds is 11. The molecule has 1 saturated heterocycles.